The SMILES string of the molecule is CC(C)CC1CN=C(Nc2ccc(F)c(Br)c2)S1. The van der Waals surface area contributed by atoms with Crippen molar-refractivity contribution in [2.75, 3.05) is 11.9 Å². The monoisotopic (exact) mass is 330 g/mol. The summed E-state index contributed by atoms with van der Waals surface area (Å²) < 4.78 is 13.6. The van der Waals surface area contributed by atoms with E-state index in [0.717, 1.165) is 17.4 Å². The van der Waals surface area contributed by atoms with E-state index in [1.165, 1.54) is 12.5 Å². The van der Waals surface area contributed by atoms with Crippen LogP contribution in [0.2, 0.25) is 0 Å². The number of anilines is 1. The van der Waals surface area contributed by atoms with E-state index in [2.05, 4.69) is 40.1 Å². The number of hydrogen-bond acceptors (Lipinski definition) is 3. The topological polar surface area (TPSA) is 24.4 Å². The molecule has 2 nitrogen and oxygen atoms in total. The number of rotatable bonds is 3. The zero-order chi connectivity index (χ0) is 13.1. The Labute approximate surface area is 120 Å². The van der Waals surface area contributed by atoms with Gasteiger partial charge in [-0.25, -0.2) is 4.39 Å². The lowest BCUT2D eigenvalue weighted by Crippen LogP contribution is -2.09. The second kappa shape index (κ2) is 6.06. The fourth-order valence-corrected chi connectivity index (χ4v) is 3.48. The number of aliphatic imine (C=N–C) groups is 1. The van der Waals surface area contributed by atoms with Crippen LogP contribution in [0.1, 0.15) is 20.3 Å². The third-order valence-corrected chi connectivity index (χ3v) is 4.36. The summed E-state index contributed by atoms with van der Waals surface area (Å²) in [4.78, 5) is 4.48. The van der Waals surface area contributed by atoms with Crippen molar-refractivity contribution >= 4 is 38.5 Å². The summed E-state index contributed by atoms with van der Waals surface area (Å²) in [7, 11) is 0. The van der Waals surface area contributed by atoms with Gasteiger partial charge in [-0.15, -0.1) is 0 Å². The van der Waals surface area contributed by atoms with E-state index >= 15 is 0 Å². The van der Waals surface area contributed by atoms with Crippen molar-refractivity contribution in [3.8, 4) is 0 Å². The van der Waals surface area contributed by atoms with E-state index in [1.54, 1.807) is 23.9 Å². The second-order valence-corrected chi connectivity index (χ2v) is 6.91. The predicted octanol–water partition coefficient (Wildman–Crippen LogP) is 4.52. The minimum atomic E-state index is -0.251. The molecule has 0 saturated heterocycles. The molecule has 5 heteroatoms. The Morgan fingerprint density at radius 1 is 1.56 bits per heavy atom. The summed E-state index contributed by atoms with van der Waals surface area (Å²) in [5.74, 6) is 0.441. The second-order valence-electron chi connectivity index (χ2n) is 4.77. The van der Waals surface area contributed by atoms with Crippen molar-refractivity contribution in [2.45, 2.75) is 25.5 Å². The number of nitrogens with one attached hydrogen (secondary N) is 1. The van der Waals surface area contributed by atoms with Crippen LogP contribution in [0.4, 0.5) is 10.1 Å². The number of benzene rings is 1. The third kappa shape index (κ3) is 3.72. The quantitative estimate of drug-likeness (QED) is 0.881. The van der Waals surface area contributed by atoms with Crippen LogP contribution in [0.15, 0.2) is 27.7 Å². The summed E-state index contributed by atoms with van der Waals surface area (Å²) in [6.07, 6.45) is 1.17. The highest BCUT2D eigenvalue weighted by Gasteiger charge is 2.20. The molecule has 18 heavy (non-hydrogen) atoms. The number of hydrogen-bond donors (Lipinski definition) is 1. The summed E-state index contributed by atoms with van der Waals surface area (Å²) in [5, 5.41) is 4.72. The van der Waals surface area contributed by atoms with Crippen LogP contribution in [-0.2, 0) is 0 Å². The van der Waals surface area contributed by atoms with Crippen molar-refractivity contribution in [1.82, 2.24) is 0 Å². The van der Waals surface area contributed by atoms with Crippen molar-refractivity contribution in [3.63, 3.8) is 0 Å². The summed E-state index contributed by atoms with van der Waals surface area (Å²) in [5.41, 5.74) is 0.861. The maximum absolute atomic E-state index is 13.1. The Hall–Kier alpha value is -0.550. The molecule has 1 aromatic rings. The van der Waals surface area contributed by atoms with E-state index in [0.29, 0.717) is 15.6 Å². The molecule has 0 radical (unpaired) electrons. The van der Waals surface area contributed by atoms with Crippen LogP contribution in [0.25, 0.3) is 0 Å². The van der Waals surface area contributed by atoms with Gasteiger partial charge in [0.1, 0.15) is 5.82 Å². The molecule has 1 atom stereocenters. The Balaban J connectivity index is 1.93. The zero-order valence-electron chi connectivity index (χ0n) is 10.4. The average Bonchev–Trinajstić information content (AvgIpc) is 2.70. The molecule has 1 unspecified atom stereocenters. The van der Waals surface area contributed by atoms with Gasteiger partial charge in [0.2, 0.25) is 0 Å². The van der Waals surface area contributed by atoms with Gasteiger partial charge in [0.15, 0.2) is 5.17 Å². The van der Waals surface area contributed by atoms with E-state index in [1.807, 2.05) is 0 Å². The molecule has 0 aliphatic carbocycles. The van der Waals surface area contributed by atoms with Crippen LogP contribution >= 0.6 is 27.7 Å². The lowest BCUT2D eigenvalue weighted by atomic mass is 10.1. The fraction of sp³-hybridized carbons (Fsp3) is 0.462. The van der Waals surface area contributed by atoms with Gasteiger partial charge in [-0.2, -0.15) is 0 Å². The predicted molar refractivity (Wildman–Crippen MR) is 80.9 cm³/mol. The first kappa shape index (κ1) is 13.9. The molecule has 1 aliphatic rings. The molecule has 0 spiro atoms. The Kier molecular flexibility index (Phi) is 4.67. The Bertz CT molecular complexity index is 462. The maximum atomic E-state index is 13.1. The van der Waals surface area contributed by atoms with Crippen LogP contribution in [0.3, 0.4) is 0 Å². The van der Waals surface area contributed by atoms with Gasteiger partial charge in [0.05, 0.1) is 11.0 Å². The van der Waals surface area contributed by atoms with Gasteiger partial charge in [-0.1, -0.05) is 25.6 Å². The largest absolute Gasteiger partial charge is 0.335 e. The van der Waals surface area contributed by atoms with Crippen molar-refractivity contribution in [1.29, 1.82) is 0 Å². The molecule has 0 saturated carbocycles. The molecular weight excluding hydrogens is 315 g/mol. The maximum Gasteiger partial charge on any atom is 0.161 e. The average molecular weight is 331 g/mol. The molecule has 1 aromatic carbocycles. The first-order chi connectivity index (χ1) is 8.54. The summed E-state index contributed by atoms with van der Waals surface area (Å²) in [6.45, 7) is 5.32. The first-order valence-electron chi connectivity index (χ1n) is 5.98. The van der Waals surface area contributed by atoms with Gasteiger partial charge in [0, 0.05) is 10.9 Å². The molecule has 0 amide bonds. The van der Waals surface area contributed by atoms with Gasteiger partial charge in [-0.3, -0.25) is 4.99 Å². The Morgan fingerprint density at radius 3 is 3.00 bits per heavy atom. The number of nitrogens with zero attached hydrogens (tertiary/aromatic N) is 1. The minimum Gasteiger partial charge on any atom is -0.335 e. The third-order valence-electron chi connectivity index (χ3n) is 2.62. The molecule has 1 heterocycles. The smallest absolute Gasteiger partial charge is 0.161 e. The molecule has 1 aliphatic heterocycles. The Morgan fingerprint density at radius 2 is 2.33 bits per heavy atom. The van der Waals surface area contributed by atoms with E-state index in [4.69, 9.17) is 0 Å². The zero-order valence-corrected chi connectivity index (χ0v) is 12.8. The molecular formula is C13H16BrFN2S. The molecule has 0 fully saturated rings. The number of halogens is 2. The van der Waals surface area contributed by atoms with E-state index in [-0.39, 0.29) is 5.82 Å². The molecule has 98 valence electrons. The highest BCUT2D eigenvalue weighted by atomic mass is 79.9. The molecule has 2 rings (SSSR count). The number of thioether (sulfide) groups is 1. The van der Waals surface area contributed by atoms with Crippen molar-refractivity contribution in [3.05, 3.63) is 28.5 Å². The normalized spacial score (nSPS) is 19.2. The lowest BCUT2D eigenvalue weighted by Gasteiger charge is -2.11. The van der Waals surface area contributed by atoms with Gasteiger partial charge >= 0.3 is 0 Å². The lowest BCUT2D eigenvalue weighted by molar-refractivity contribution is 0.575. The van der Waals surface area contributed by atoms with E-state index < -0.39 is 0 Å². The summed E-state index contributed by atoms with van der Waals surface area (Å²) in [6, 6.07) is 4.89. The standard InChI is InChI=1S/C13H16BrFN2S/c1-8(2)5-10-7-16-13(18-10)17-9-3-4-12(15)11(14)6-9/h3-4,6,8,10H,5,7H2,1-2H3,(H,16,17). The van der Waals surface area contributed by atoms with Crippen molar-refractivity contribution in [2.24, 2.45) is 10.9 Å². The van der Waals surface area contributed by atoms with Crippen LogP contribution in [0.5, 0.6) is 0 Å². The van der Waals surface area contributed by atoms with Gasteiger partial charge < -0.3 is 5.32 Å². The van der Waals surface area contributed by atoms with Crippen LogP contribution in [-0.4, -0.2) is 17.0 Å². The van der Waals surface area contributed by atoms with E-state index in [9.17, 15) is 4.39 Å². The van der Waals surface area contributed by atoms with Gasteiger partial charge in [0.25, 0.3) is 0 Å². The first-order valence-corrected chi connectivity index (χ1v) is 7.65. The van der Waals surface area contributed by atoms with Crippen LogP contribution < -0.4 is 5.32 Å². The molecule has 0 bridgehead atoms. The number of amidine groups is 1. The van der Waals surface area contributed by atoms with Crippen LogP contribution in [0, 0.1) is 11.7 Å². The minimum absolute atomic E-state index is 0.251. The molecule has 0 aromatic heterocycles. The fourth-order valence-electron chi connectivity index (χ4n) is 1.83. The highest BCUT2D eigenvalue weighted by molar-refractivity contribution is 9.10. The summed E-state index contributed by atoms with van der Waals surface area (Å²) >= 11 is 4.95. The van der Waals surface area contributed by atoms with Gasteiger partial charge in [-0.05, 0) is 46.5 Å². The van der Waals surface area contributed by atoms with Crippen molar-refractivity contribution < 1.29 is 4.39 Å². The molecule has 1 N–H and O–H groups in total. The highest BCUT2D eigenvalue weighted by Crippen LogP contribution is 2.28.